The fourth-order valence-electron chi connectivity index (χ4n) is 2.60. The lowest BCUT2D eigenvalue weighted by Gasteiger charge is -2.44. The Morgan fingerprint density at radius 1 is 1.45 bits per heavy atom. The molecule has 1 amide bonds. The van der Waals surface area contributed by atoms with Gasteiger partial charge in [0.05, 0.1) is 0 Å². The van der Waals surface area contributed by atoms with Crippen molar-refractivity contribution in [3.63, 3.8) is 0 Å². The zero-order valence-electron chi connectivity index (χ0n) is 12.5. The first kappa shape index (κ1) is 14.8. The van der Waals surface area contributed by atoms with Gasteiger partial charge in [-0.3, -0.25) is 4.79 Å². The van der Waals surface area contributed by atoms with Crippen molar-refractivity contribution in [3.8, 4) is 0 Å². The van der Waals surface area contributed by atoms with E-state index in [1.54, 1.807) is 13.0 Å². The SMILES string of the molecule is Cc1cc(N2CCNC(=O)C2(C)C)c(C(C)N)cc1F. The summed E-state index contributed by atoms with van der Waals surface area (Å²) in [5.41, 5.74) is 7.43. The van der Waals surface area contributed by atoms with Gasteiger partial charge < -0.3 is 16.0 Å². The Balaban J connectivity index is 2.56. The molecule has 1 aliphatic rings. The first-order valence-corrected chi connectivity index (χ1v) is 6.86. The summed E-state index contributed by atoms with van der Waals surface area (Å²) in [7, 11) is 0. The lowest BCUT2D eigenvalue weighted by molar-refractivity contribution is -0.126. The minimum Gasteiger partial charge on any atom is -0.355 e. The zero-order valence-corrected chi connectivity index (χ0v) is 12.5. The number of hydrogen-bond acceptors (Lipinski definition) is 3. The van der Waals surface area contributed by atoms with Crippen molar-refractivity contribution in [1.82, 2.24) is 5.32 Å². The first-order valence-electron chi connectivity index (χ1n) is 6.86. The molecule has 20 heavy (non-hydrogen) atoms. The fraction of sp³-hybridized carbons (Fsp3) is 0.533. The molecule has 2 rings (SSSR count). The molecule has 1 aliphatic heterocycles. The van der Waals surface area contributed by atoms with Crippen LogP contribution in [0.25, 0.3) is 0 Å². The number of hydrogen-bond donors (Lipinski definition) is 2. The maximum Gasteiger partial charge on any atom is 0.245 e. The quantitative estimate of drug-likeness (QED) is 0.869. The van der Waals surface area contributed by atoms with Crippen LogP contribution >= 0.6 is 0 Å². The summed E-state index contributed by atoms with van der Waals surface area (Å²) >= 11 is 0. The summed E-state index contributed by atoms with van der Waals surface area (Å²) in [6.45, 7) is 8.54. The van der Waals surface area contributed by atoms with E-state index in [0.29, 0.717) is 18.7 Å². The average Bonchev–Trinajstić information content (AvgIpc) is 2.35. The number of rotatable bonds is 2. The highest BCUT2D eigenvalue weighted by Gasteiger charge is 2.38. The maximum absolute atomic E-state index is 13.8. The van der Waals surface area contributed by atoms with Gasteiger partial charge in [0, 0.05) is 24.8 Å². The van der Waals surface area contributed by atoms with Crippen molar-refractivity contribution in [2.24, 2.45) is 5.73 Å². The van der Waals surface area contributed by atoms with E-state index < -0.39 is 5.54 Å². The largest absolute Gasteiger partial charge is 0.355 e. The third-order valence-corrected chi connectivity index (χ3v) is 3.94. The molecule has 4 nitrogen and oxygen atoms in total. The molecular weight excluding hydrogens is 257 g/mol. The van der Waals surface area contributed by atoms with Gasteiger partial charge in [-0.05, 0) is 51.0 Å². The highest BCUT2D eigenvalue weighted by molar-refractivity contribution is 5.90. The molecular formula is C15H22FN3O. The molecule has 1 atom stereocenters. The molecule has 1 aromatic rings. The van der Waals surface area contributed by atoms with Crippen LogP contribution in [0.1, 0.15) is 37.9 Å². The third kappa shape index (κ3) is 2.38. The van der Waals surface area contributed by atoms with Crippen molar-refractivity contribution in [2.45, 2.75) is 39.3 Å². The molecule has 1 aromatic carbocycles. The van der Waals surface area contributed by atoms with Crippen LogP contribution in [-0.2, 0) is 4.79 Å². The summed E-state index contributed by atoms with van der Waals surface area (Å²) in [5.74, 6) is -0.290. The number of amides is 1. The fourth-order valence-corrected chi connectivity index (χ4v) is 2.60. The molecule has 0 aliphatic carbocycles. The summed E-state index contributed by atoms with van der Waals surface area (Å²) in [6.07, 6.45) is 0. The number of carbonyl (C=O) groups is 1. The van der Waals surface area contributed by atoms with E-state index in [9.17, 15) is 9.18 Å². The van der Waals surface area contributed by atoms with Crippen LogP contribution in [0.4, 0.5) is 10.1 Å². The van der Waals surface area contributed by atoms with E-state index in [1.165, 1.54) is 6.07 Å². The maximum atomic E-state index is 13.8. The molecule has 1 fully saturated rings. The lowest BCUT2D eigenvalue weighted by atomic mass is 9.94. The van der Waals surface area contributed by atoms with E-state index in [-0.39, 0.29) is 17.8 Å². The number of piperazine rings is 1. The molecule has 0 radical (unpaired) electrons. The summed E-state index contributed by atoms with van der Waals surface area (Å²) in [6, 6.07) is 2.98. The smallest absolute Gasteiger partial charge is 0.245 e. The molecule has 0 spiro atoms. The average molecular weight is 279 g/mol. The Bertz CT molecular complexity index is 540. The molecule has 0 aromatic heterocycles. The molecule has 0 bridgehead atoms. The van der Waals surface area contributed by atoms with Crippen LogP contribution in [0.2, 0.25) is 0 Å². The van der Waals surface area contributed by atoms with Crippen LogP contribution in [-0.4, -0.2) is 24.5 Å². The van der Waals surface area contributed by atoms with Crippen LogP contribution in [0.3, 0.4) is 0 Å². The van der Waals surface area contributed by atoms with E-state index in [4.69, 9.17) is 5.73 Å². The second kappa shape index (κ2) is 5.05. The molecule has 1 unspecified atom stereocenters. The monoisotopic (exact) mass is 279 g/mol. The van der Waals surface area contributed by atoms with Gasteiger partial charge >= 0.3 is 0 Å². The van der Waals surface area contributed by atoms with Gasteiger partial charge in [0.15, 0.2) is 0 Å². The predicted molar refractivity (Wildman–Crippen MR) is 78.2 cm³/mol. The number of anilines is 1. The Hall–Kier alpha value is -1.62. The van der Waals surface area contributed by atoms with E-state index in [0.717, 1.165) is 11.3 Å². The normalized spacial score (nSPS) is 19.7. The van der Waals surface area contributed by atoms with Crippen molar-refractivity contribution in [2.75, 3.05) is 18.0 Å². The number of aryl methyl sites for hydroxylation is 1. The van der Waals surface area contributed by atoms with Gasteiger partial charge in [0.2, 0.25) is 5.91 Å². The van der Waals surface area contributed by atoms with Gasteiger partial charge in [-0.1, -0.05) is 0 Å². The van der Waals surface area contributed by atoms with Crippen LogP contribution < -0.4 is 16.0 Å². The number of nitrogens with two attached hydrogens (primary N) is 1. The number of halogens is 1. The minimum atomic E-state index is -0.674. The first-order chi connectivity index (χ1) is 9.25. The molecule has 5 heteroatoms. The highest BCUT2D eigenvalue weighted by Crippen LogP contribution is 2.33. The number of carbonyl (C=O) groups excluding carboxylic acids is 1. The lowest BCUT2D eigenvalue weighted by Crippen LogP contribution is -2.62. The Kier molecular flexibility index (Phi) is 3.73. The second-order valence-corrected chi connectivity index (χ2v) is 5.92. The van der Waals surface area contributed by atoms with Crippen molar-refractivity contribution >= 4 is 11.6 Å². The third-order valence-electron chi connectivity index (χ3n) is 3.94. The van der Waals surface area contributed by atoms with Crippen molar-refractivity contribution in [3.05, 3.63) is 29.1 Å². The second-order valence-electron chi connectivity index (χ2n) is 5.92. The Morgan fingerprint density at radius 2 is 2.10 bits per heavy atom. The van der Waals surface area contributed by atoms with Crippen LogP contribution in [0.5, 0.6) is 0 Å². The zero-order chi connectivity index (χ0) is 15.1. The standard InChI is InChI=1S/C15H22FN3O/c1-9-7-13(11(10(2)17)8-12(9)16)19-6-5-18-14(20)15(19,3)4/h7-8,10H,5-6,17H2,1-4H3,(H,18,20). The van der Waals surface area contributed by atoms with Gasteiger partial charge in [-0.25, -0.2) is 4.39 Å². The van der Waals surface area contributed by atoms with Crippen molar-refractivity contribution < 1.29 is 9.18 Å². The topological polar surface area (TPSA) is 58.4 Å². The number of nitrogens with one attached hydrogen (secondary N) is 1. The summed E-state index contributed by atoms with van der Waals surface area (Å²) in [5, 5.41) is 2.86. The van der Waals surface area contributed by atoms with Crippen molar-refractivity contribution in [1.29, 1.82) is 0 Å². The molecule has 1 heterocycles. The van der Waals surface area contributed by atoms with Crippen LogP contribution in [0.15, 0.2) is 12.1 Å². The molecule has 3 N–H and O–H groups in total. The number of nitrogens with zero attached hydrogens (tertiary/aromatic N) is 1. The summed E-state index contributed by atoms with van der Waals surface area (Å²) < 4.78 is 13.8. The van der Waals surface area contributed by atoms with Gasteiger partial charge in [-0.15, -0.1) is 0 Å². The van der Waals surface area contributed by atoms with Gasteiger partial charge in [0.25, 0.3) is 0 Å². The van der Waals surface area contributed by atoms with Gasteiger partial charge in [0.1, 0.15) is 11.4 Å². The summed E-state index contributed by atoms with van der Waals surface area (Å²) in [4.78, 5) is 14.1. The van der Waals surface area contributed by atoms with E-state index in [2.05, 4.69) is 5.32 Å². The van der Waals surface area contributed by atoms with E-state index >= 15 is 0 Å². The Labute approximate surface area is 119 Å². The Morgan fingerprint density at radius 3 is 2.70 bits per heavy atom. The molecule has 1 saturated heterocycles. The minimum absolute atomic E-state index is 0.0265. The highest BCUT2D eigenvalue weighted by atomic mass is 19.1. The van der Waals surface area contributed by atoms with Gasteiger partial charge in [-0.2, -0.15) is 0 Å². The van der Waals surface area contributed by atoms with E-state index in [1.807, 2.05) is 25.7 Å². The predicted octanol–water partition coefficient (Wildman–Crippen LogP) is 1.87. The molecule has 110 valence electrons. The van der Waals surface area contributed by atoms with Crippen LogP contribution in [0, 0.1) is 12.7 Å². The molecule has 0 saturated carbocycles. The number of benzene rings is 1.